The molecule has 0 fully saturated rings. The number of nitrogens with one attached hydrogen (secondary N) is 1. The second kappa shape index (κ2) is 9.50. The van der Waals surface area contributed by atoms with Crippen LogP contribution in [0.4, 0.5) is 9.18 Å². The Hall–Kier alpha value is -1.95. The van der Waals surface area contributed by atoms with Crippen LogP contribution in [-0.2, 0) is 14.3 Å². The summed E-state index contributed by atoms with van der Waals surface area (Å²) in [5, 5.41) is 2.57. The van der Waals surface area contributed by atoms with Crippen LogP contribution >= 0.6 is 0 Å². The van der Waals surface area contributed by atoms with Gasteiger partial charge in [-0.2, -0.15) is 0 Å². The summed E-state index contributed by atoms with van der Waals surface area (Å²) in [7, 11) is 0. The van der Waals surface area contributed by atoms with Crippen LogP contribution in [0.15, 0.2) is 18.2 Å². The fourth-order valence-corrected chi connectivity index (χ4v) is 3.18. The molecule has 158 valence electrons. The monoisotopic (exact) mass is 395 g/mol. The summed E-state index contributed by atoms with van der Waals surface area (Å²) in [6.45, 7) is 14.6. The molecule has 5 nitrogen and oxygen atoms in total. The number of halogens is 1. The second-order valence-corrected chi connectivity index (χ2v) is 8.90. The predicted molar refractivity (Wildman–Crippen MR) is 108 cm³/mol. The third kappa shape index (κ3) is 6.89. The minimum atomic E-state index is -1.23. The number of carbonyl (C=O) groups is 2. The van der Waals surface area contributed by atoms with E-state index in [9.17, 15) is 14.0 Å². The van der Waals surface area contributed by atoms with Gasteiger partial charge in [0.05, 0.1) is 12.7 Å². The molecule has 0 aliphatic heterocycles. The van der Waals surface area contributed by atoms with Crippen LogP contribution in [0.1, 0.15) is 65.5 Å². The highest BCUT2D eigenvalue weighted by Gasteiger charge is 2.32. The van der Waals surface area contributed by atoms with Gasteiger partial charge in [0.25, 0.3) is 0 Å². The second-order valence-electron chi connectivity index (χ2n) is 8.90. The Bertz CT molecular complexity index is 684. The standard InChI is InChI=1S/C22H34FNO4/c1-14(2)19(17-10-9-11-18(23)15(17)3)16(4)27-13-22(8,12-25)24-20(26)28-21(5,6)7/h9-12,14,16,19H,13H2,1-8H3,(H,24,26)/t16-,19+,22+/m0/s1. The van der Waals surface area contributed by atoms with Crippen LogP contribution in [0.25, 0.3) is 0 Å². The van der Waals surface area contributed by atoms with Gasteiger partial charge in [-0.05, 0) is 64.7 Å². The SMILES string of the molecule is Cc1c(F)cccc1[C@H](C(C)C)[C@H](C)OC[C@@](C)(C=O)NC(=O)OC(C)(C)C. The zero-order valence-corrected chi connectivity index (χ0v) is 18.3. The van der Waals surface area contributed by atoms with Gasteiger partial charge in [-0.25, -0.2) is 9.18 Å². The highest BCUT2D eigenvalue weighted by Crippen LogP contribution is 2.33. The van der Waals surface area contributed by atoms with E-state index in [4.69, 9.17) is 9.47 Å². The van der Waals surface area contributed by atoms with Crippen molar-refractivity contribution < 1.29 is 23.5 Å². The number of benzene rings is 1. The van der Waals surface area contributed by atoms with Gasteiger partial charge in [0.15, 0.2) is 0 Å². The molecule has 0 bridgehead atoms. The molecule has 1 N–H and O–H groups in total. The van der Waals surface area contributed by atoms with E-state index >= 15 is 0 Å². The van der Waals surface area contributed by atoms with Crippen molar-refractivity contribution >= 4 is 12.4 Å². The van der Waals surface area contributed by atoms with Crippen molar-refractivity contribution in [2.75, 3.05) is 6.61 Å². The van der Waals surface area contributed by atoms with E-state index in [-0.39, 0.29) is 30.4 Å². The first-order valence-corrected chi connectivity index (χ1v) is 9.64. The average molecular weight is 396 g/mol. The van der Waals surface area contributed by atoms with Gasteiger partial charge in [0, 0.05) is 5.92 Å². The lowest BCUT2D eigenvalue weighted by Gasteiger charge is -2.33. The van der Waals surface area contributed by atoms with Crippen molar-refractivity contribution in [2.24, 2.45) is 5.92 Å². The third-order valence-corrected chi connectivity index (χ3v) is 4.59. The lowest BCUT2D eigenvalue weighted by molar-refractivity contribution is -0.116. The Kier molecular flexibility index (Phi) is 8.17. The molecule has 1 amide bonds. The first-order chi connectivity index (χ1) is 12.8. The minimum absolute atomic E-state index is 0.0194. The Morgan fingerprint density at radius 3 is 2.32 bits per heavy atom. The van der Waals surface area contributed by atoms with E-state index in [2.05, 4.69) is 5.32 Å². The van der Waals surface area contributed by atoms with Gasteiger partial charge in [-0.3, -0.25) is 0 Å². The average Bonchev–Trinajstić information content (AvgIpc) is 2.55. The summed E-state index contributed by atoms with van der Waals surface area (Å²) in [5.74, 6) is -0.121. The van der Waals surface area contributed by atoms with Crippen molar-refractivity contribution in [2.45, 2.75) is 78.6 Å². The van der Waals surface area contributed by atoms with E-state index in [1.165, 1.54) is 6.07 Å². The van der Waals surface area contributed by atoms with Crippen molar-refractivity contribution in [3.63, 3.8) is 0 Å². The van der Waals surface area contributed by atoms with Gasteiger partial charge in [-0.1, -0.05) is 26.0 Å². The van der Waals surface area contributed by atoms with Crippen LogP contribution in [0.3, 0.4) is 0 Å². The lowest BCUT2D eigenvalue weighted by atomic mass is 9.82. The zero-order valence-electron chi connectivity index (χ0n) is 18.3. The van der Waals surface area contributed by atoms with Crippen LogP contribution in [0.5, 0.6) is 0 Å². The number of aldehydes is 1. The molecule has 0 spiro atoms. The number of ether oxygens (including phenoxy) is 2. The number of alkyl carbamates (subject to hydrolysis) is 1. The third-order valence-electron chi connectivity index (χ3n) is 4.59. The maximum absolute atomic E-state index is 14.0. The van der Waals surface area contributed by atoms with Gasteiger partial charge in [-0.15, -0.1) is 0 Å². The molecule has 0 heterocycles. The Balaban J connectivity index is 2.90. The van der Waals surface area contributed by atoms with E-state index in [0.717, 1.165) is 5.56 Å². The van der Waals surface area contributed by atoms with Gasteiger partial charge in [0.2, 0.25) is 0 Å². The van der Waals surface area contributed by atoms with Crippen molar-refractivity contribution in [1.82, 2.24) is 5.32 Å². The van der Waals surface area contributed by atoms with Crippen LogP contribution < -0.4 is 5.32 Å². The molecule has 0 unspecified atom stereocenters. The number of hydrogen-bond donors (Lipinski definition) is 1. The first-order valence-electron chi connectivity index (χ1n) is 9.64. The Morgan fingerprint density at radius 1 is 1.21 bits per heavy atom. The molecular weight excluding hydrogens is 361 g/mol. The predicted octanol–water partition coefficient (Wildman–Crippen LogP) is 4.76. The molecule has 0 saturated heterocycles. The topological polar surface area (TPSA) is 64.6 Å². The van der Waals surface area contributed by atoms with E-state index in [1.54, 1.807) is 40.7 Å². The van der Waals surface area contributed by atoms with Gasteiger partial charge in [0.1, 0.15) is 23.2 Å². The minimum Gasteiger partial charge on any atom is -0.444 e. The highest BCUT2D eigenvalue weighted by molar-refractivity contribution is 5.76. The molecule has 1 rings (SSSR count). The van der Waals surface area contributed by atoms with Crippen LogP contribution in [0, 0.1) is 18.7 Å². The summed E-state index contributed by atoms with van der Waals surface area (Å²) in [6.07, 6.45) is -0.332. The quantitative estimate of drug-likeness (QED) is 0.645. The molecule has 28 heavy (non-hydrogen) atoms. The van der Waals surface area contributed by atoms with Crippen LogP contribution in [-0.4, -0.2) is 36.2 Å². The fraction of sp³-hybridized carbons (Fsp3) is 0.636. The first kappa shape index (κ1) is 24.1. The summed E-state index contributed by atoms with van der Waals surface area (Å²) < 4.78 is 25.2. The van der Waals surface area contributed by atoms with E-state index in [0.29, 0.717) is 11.8 Å². The van der Waals surface area contributed by atoms with Crippen molar-refractivity contribution in [3.05, 3.63) is 35.1 Å². The number of rotatable bonds is 8. The molecule has 1 aromatic rings. The number of carbonyl (C=O) groups excluding carboxylic acids is 2. The summed E-state index contributed by atoms with van der Waals surface area (Å²) >= 11 is 0. The molecule has 0 aromatic heterocycles. The maximum Gasteiger partial charge on any atom is 0.408 e. The maximum atomic E-state index is 14.0. The summed E-state index contributed by atoms with van der Waals surface area (Å²) in [4.78, 5) is 23.6. The molecular formula is C22H34FNO4. The molecule has 6 heteroatoms. The smallest absolute Gasteiger partial charge is 0.408 e. The molecule has 3 atom stereocenters. The molecule has 0 radical (unpaired) electrons. The molecule has 1 aromatic carbocycles. The van der Waals surface area contributed by atoms with Crippen molar-refractivity contribution in [1.29, 1.82) is 0 Å². The fourth-order valence-electron chi connectivity index (χ4n) is 3.18. The van der Waals surface area contributed by atoms with E-state index < -0.39 is 17.2 Å². The van der Waals surface area contributed by atoms with Crippen LogP contribution in [0.2, 0.25) is 0 Å². The largest absolute Gasteiger partial charge is 0.444 e. The zero-order chi connectivity index (χ0) is 21.7. The summed E-state index contributed by atoms with van der Waals surface area (Å²) in [5.41, 5.74) is -0.411. The number of hydrogen-bond acceptors (Lipinski definition) is 4. The highest BCUT2D eigenvalue weighted by atomic mass is 19.1. The molecule has 0 saturated carbocycles. The summed E-state index contributed by atoms with van der Waals surface area (Å²) in [6, 6.07) is 5.04. The molecule has 0 aliphatic rings. The van der Waals surface area contributed by atoms with Crippen molar-refractivity contribution in [3.8, 4) is 0 Å². The normalized spacial score (nSPS) is 16.2. The van der Waals surface area contributed by atoms with Gasteiger partial charge >= 0.3 is 6.09 Å². The Morgan fingerprint density at radius 2 is 1.82 bits per heavy atom. The van der Waals surface area contributed by atoms with E-state index in [1.807, 2.05) is 26.8 Å². The Labute approximate surface area is 168 Å². The lowest BCUT2D eigenvalue weighted by Crippen LogP contribution is -2.53. The molecule has 0 aliphatic carbocycles. The number of amides is 1. The van der Waals surface area contributed by atoms with Gasteiger partial charge < -0.3 is 19.6 Å².